The molecule has 0 saturated carbocycles. The number of hydrogen-bond donors (Lipinski definition) is 6. The largest absolute Gasteiger partial charge is 0.481 e. The maximum Gasteiger partial charge on any atom is 0.403 e. The summed E-state index contributed by atoms with van der Waals surface area (Å²) in [5.74, 6) is -4.10. The molecule has 0 fully saturated rings. The number of carboxylic acids is 3. The number of nitrogens with one attached hydrogen (secondary N) is 2. The summed E-state index contributed by atoms with van der Waals surface area (Å²) in [5.41, 5.74) is 0. The van der Waals surface area contributed by atoms with Gasteiger partial charge in [0.25, 0.3) is 0 Å². The van der Waals surface area contributed by atoms with E-state index in [2.05, 4.69) is 9.84 Å². The second kappa shape index (κ2) is 12.4. The van der Waals surface area contributed by atoms with E-state index in [-0.39, 0.29) is 44.7 Å². The summed E-state index contributed by atoms with van der Waals surface area (Å²) in [4.78, 5) is 52.6. The fraction of sp³-hybridized carbons (Fsp3) is 0.692. The van der Waals surface area contributed by atoms with Crippen molar-refractivity contribution in [3.05, 3.63) is 0 Å². The Hall–Kier alpha value is -2.01. The lowest BCUT2D eigenvalue weighted by Gasteiger charge is -2.18. The van der Waals surface area contributed by atoms with E-state index in [4.69, 9.17) is 15.3 Å². The molecule has 0 bridgehead atoms. The molecule has 6 N–H and O–H groups in total. The number of rotatable bonds is 15. The summed E-state index contributed by atoms with van der Waals surface area (Å²) < 4.78 is 16.4. The average Bonchev–Trinajstić information content (AvgIpc) is 2.50. The number of amides is 1. The van der Waals surface area contributed by atoms with Crippen molar-refractivity contribution < 1.29 is 48.5 Å². The molecule has 0 aromatic rings. The zero-order chi connectivity index (χ0) is 20.2. The molecule has 2 atom stereocenters. The second-order valence-electron chi connectivity index (χ2n) is 5.26. The highest BCUT2D eigenvalue weighted by atomic mass is 31.2. The van der Waals surface area contributed by atoms with Gasteiger partial charge in [-0.15, -0.1) is 0 Å². The first-order chi connectivity index (χ1) is 12.0. The molecule has 0 aliphatic carbocycles. The first-order valence-electron chi connectivity index (χ1n) is 7.71. The molecule has 1 unspecified atom stereocenters. The van der Waals surface area contributed by atoms with Crippen LogP contribution in [0.3, 0.4) is 0 Å². The number of hydrogen-bond acceptors (Lipinski definition) is 6. The fourth-order valence-corrected chi connectivity index (χ4v) is 2.81. The Kier molecular flexibility index (Phi) is 11.4. The van der Waals surface area contributed by atoms with Gasteiger partial charge in [-0.3, -0.25) is 23.7 Å². The molecule has 0 aliphatic rings. The molecule has 0 aromatic heterocycles. The first kappa shape index (κ1) is 24.0. The molecule has 0 saturated heterocycles. The third kappa shape index (κ3) is 13.3. The van der Waals surface area contributed by atoms with Gasteiger partial charge in [-0.05, 0) is 19.3 Å². The minimum absolute atomic E-state index is 0.0388. The summed E-state index contributed by atoms with van der Waals surface area (Å²) in [6.45, 7) is -0.144. The van der Waals surface area contributed by atoms with Gasteiger partial charge < -0.3 is 25.5 Å². The number of carbonyl (C=O) groups excluding carboxylic acids is 1. The normalized spacial score (nSPS) is 14.2. The SMILES string of the molecule is O=C(O)CCCC(=O)NCCCOP(=O)(O)N[C@@H](CCC(=O)O)C(=O)O. The first-order valence-corrected chi connectivity index (χ1v) is 9.29. The monoisotopic (exact) mass is 398 g/mol. The zero-order valence-corrected chi connectivity index (χ0v) is 14.8. The van der Waals surface area contributed by atoms with E-state index in [0.29, 0.717) is 0 Å². The molecule has 0 aromatic carbocycles. The van der Waals surface area contributed by atoms with Crippen molar-refractivity contribution in [2.45, 2.75) is 44.6 Å². The molecule has 0 heterocycles. The van der Waals surface area contributed by atoms with Gasteiger partial charge >= 0.3 is 25.7 Å². The van der Waals surface area contributed by atoms with E-state index in [1.165, 1.54) is 0 Å². The van der Waals surface area contributed by atoms with Gasteiger partial charge in [0.1, 0.15) is 6.04 Å². The molecule has 0 radical (unpaired) electrons. The molecule has 0 spiro atoms. The Bertz CT molecular complexity index is 553. The van der Waals surface area contributed by atoms with Crippen molar-refractivity contribution in [3.8, 4) is 0 Å². The molecule has 13 heteroatoms. The lowest BCUT2D eigenvalue weighted by Crippen LogP contribution is -2.35. The van der Waals surface area contributed by atoms with E-state index in [1.54, 1.807) is 0 Å². The van der Waals surface area contributed by atoms with Gasteiger partial charge in [0.05, 0.1) is 6.61 Å². The van der Waals surface area contributed by atoms with E-state index in [9.17, 15) is 28.6 Å². The minimum Gasteiger partial charge on any atom is -0.481 e. The van der Waals surface area contributed by atoms with Crippen molar-refractivity contribution in [2.24, 2.45) is 0 Å². The fourth-order valence-electron chi connectivity index (χ4n) is 1.72. The van der Waals surface area contributed by atoms with Crippen LogP contribution in [0, 0.1) is 0 Å². The Morgan fingerprint density at radius 2 is 1.58 bits per heavy atom. The molecular formula is C13H23N2O10P. The van der Waals surface area contributed by atoms with Gasteiger partial charge in [-0.1, -0.05) is 0 Å². The predicted molar refractivity (Wildman–Crippen MR) is 86.3 cm³/mol. The van der Waals surface area contributed by atoms with Crippen LogP contribution in [0.15, 0.2) is 0 Å². The van der Waals surface area contributed by atoms with Gasteiger partial charge in [0.15, 0.2) is 0 Å². The maximum absolute atomic E-state index is 11.7. The van der Waals surface area contributed by atoms with Crippen molar-refractivity contribution in [3.63, 3.8) is 0 Å². The maximum atomic E-state index is 11.7. The second-order valence-corrected chi connectivity index (χ2v) is 6.81. The van der Waals surface area contributed by atoms with Gasteiger partial charge in [-0.25, -0.2) is 9.65 Å². The van der Waals surface area contributed by atoms with E-state index < -0.39 is 44.5 Å². The summed E-state index contributed by atoms with van der Waals surface area (Å²) in [7, 11) is -4.46. The molecule has 0 rings (SSSR count). The van der Waals surface area contributed by atoms with Crippen molar-refractivity contribution in [1.29, 1.82) is 0 Å². The quantitative estimate of drug-likeness (QED) is 0.157. The van der Waals surface area contributed by atoms with Crippen LogP contribution in [0.1, 0.15) is 38.5 Å². The van der Waals surface area contributed by atoms with Gasteiger partial charge in [0, 0.05) is 25.8 Å². The van der Waals surface area contributed by atoms with Crippen LogP contribution < -0.4 is 10.4 Å². The lowest BCUT2D eigenvalue weighted by molar-refractivity contribution is -0.141. The minimum atomic E-state index is -4.46. The highest BCUT2D eigenvalue weighted by Gasteiger charge is 2.29. The number of carbonyl (C=O) groups is 4. The van der Waals surface area contributed by atoms with Gasteiger partial charge in [-0.2, -0.15) is 0 Å². The van der Waals surface area contributed by atoms with Crippen LogP contribution >= 0.6 is 7.75 Å². The Morgan fingerprint density at radius 3 is 2.12 bits per heavy atom. The van der Waals surface area contributed by atoms with Crippen LogP contribution in [0.4, 0.5) is 0 Å². The summed E-state index contributed by atoms with van der Waals surface area (Å²) in [6, 6.07) is -1.56. The lowest BCUT2D eigenvalue weighted by atomic mass is 10.2. The average molecular weight is 398 g/mol. The summed E-state index contributed by atoms with van der Waals surface area (Å²) in [6.07, 6.45) is -0.632. The third-order valence-electron chi connectivity index (χ3n) is 2.97. The van der Waals surface area contributed by atoms with Crippen LogP contribution in [0.25, 0.3) is 0 Å². The van der Waals surface area contributed by atoms with E-state index >= 15 is 0 Å². The molecule has 0 aliphatic heterocycles. The van der Waals surface area contributed by atoms with Crippen LogP contribution in [0.2, 0.25) is 0 Å². The highest BCUT2D eigenvalue weighted by Crippen LogP contribution is 2.37. The molecule has 150 valence electrons. The van der Waals surface area contributed by atoms with E-state index in [0.717, 1.165) is 0 Å². The number of carboxylic acid groups (broad SMARTS) is 3. The molecule has 26 heavy (non-hydrogen) atoms. The molecule has 1 amide bonds. The Labute approximate surface area is 149 Å². The van der Waals surface area contributed by atoms with Crippen LogP contribution in [0.5, 0.6) is 0 Å². The summed E-state index contributed by atoms with van der Waals surface area (Å²) in [5, 5.41) is 30.2. The smallest absolute Gasteiger partial charge is 0.403 e. The van der Waals surface area contributed by atoms with Crippen molar-refractivity contribution in [1.82, 2.24) is 10.4 Å². The van der Waals surface area contributed by atoms with Crippen molar-refractivity contribution >= 4 is 31.6 Å². The zero-order valence-electron chi connectivity index (χ0n) is 13.9. The molecular weight excluding hydrogens is 375 g/mol. The van der Waals surface area contributed by atoms with E-state index in [1.807, 2.05) is 5.09 Å². The third-order valence-corrected chi connectivity index (χ3v) is 4.14. The van der Waals surface area contributed by atoms with Crippen LogP contribution in [-0.4, -0.2) is 63.2 Å². The predicted octanol–water partition coefficient (Wildman–Crippen LogP) is -0.228. The highest BCUT2D eigenvalue weighted by molar-refractivity contribution is 7.50. The Morgan fingerprint density at radius 1 is 0.962 bits per heavy atom. The van der Waals surface area contributed by atoms with Gasteiger partial charge in [0.2, 0.25) is 5.91 Å². The van der Waals surface area contributed by atoms with Crippen molar-refractivity contribution in [2.75, 3.05) is 13.2 Å². The number of aliphatic carboxylic acids is 3. The Balaban J connectivity index is 4.06. The molecule has 12 nitrogen and oxygen atoms in total. The summed E-state index contributed by atoms with van der Waals surface area (Å²) >= 11 is 0. The topological polar surface area (TPSA) is 200 Å². The van der Waals surface area contributed by atoms with Crippen LogP contribution in [-0.2, 0) is 28.3 Å². The standard InChI is InChI=1S/C13H23N2O10P/c16-10(3-1-4-11(17)18)14-7-2-8-25-26(23,24)15-9(13(21)22)5-6-12(19)20/h9H,1-8H2,(H,14,16)(H,17,18)(H,19,20)(H,21,22)(H2,15,23,24)/t9-/m0/s1.